The summed E-state index contributed by atoms with van der Waals surface area (Å²) < 4.78 is 9.61. The maximum Gasteiger partial charge on any atom is 0.271 e. The molecule has 0 bridgehead atoms. The minimum atomic E-state index is -1.41. The smallest absolute Gasteiger partial charge is 0.271 e. The Bertz CT molecular complexity index is 671. The summed E-state index contributed by atoms with van der Waals surface area (Å²) >= 11 is 0. The molecule has 8 nitrogen and oxygen atoms in total. The predicted molar refractivity (Wildman–Crippen MR) is 64.4 cm³/mol. The van der Waals surface area contributed by atoms with E-state index in [1.165, 1.54) is 0 Å². The number of allylic oxidation sites excluding steroid dienone is 1. The van der Waals surface area contributed by atoms with Gasteiger partial charge < -0.3 is 29.9 Å². The van der Waals surface area contributed by atoms with Crippen LogP contribution in [0.15, 0.2) is 5.76 Å². The minimum absolute atomic E-state index is 0.356. The Hall–Kier alpha value is -2.90. The van der Waals surface area contributed by atoms with Gasteiger partial charge >= 0.3 is 0 Å². The molecule has 0 radical (unpaired) electrons. The first-order valence-electron chi connectivity index (χ1n) is 5.28. The van der Waals surface area contributed by atoms with E-state index in [-0.39, 0.29) is 11.5 Å². The second-order valence-electron chi connectivity index (χ2n) is 3.87. The molecule has 20 heavy (non-hydrogen) atoms. The predicted octanol–water partition coefficient (Wildman–Crippen LogP) is 0.665. The van der Waals surface area contributed by atoms with E-state index in [4.69, 9.17) is 9.47 Å². The van der Waals surface area contributed by atoms with Crippen LogP contribution in [0.1, 0.15) is 15.9 Å². The van der Waals surface area contributed by atoms with Crippen molar-refractivity contribution in [1.29, 1.82) is 0 Å². The number of fused-ring (bicyclic) bond motifs is 1. The van der Waals surface area contributed by atoms with E-state index in [2.05, 4.69) is 0 Å². The maximum atomic E-state index is 11.8. The number of hydrogen-bond donors (Lipinski definition) is 4. The SMILES string of the molecule is COc1c(O)c2c(c(O)c1OC)C(O)=C(O)C(=O)C2=O. The minimum Gasteiger partial charge on any atom is -0.504 e. The Labute approximate surface area is 112 Å². The number of aliphatic hydroxyl groups is 2. The molecule has 2 rings (SSSR count). The Morgan fingerprint density at radius 3 is 1.60 bits per heavy atom. The number of ketones is 2. The van der Waals surface area contributed by atoms with Crippen molar-refractivity contribution in [2.45, 2.75) is 0 Å². The number of carbonyl (C=O) groups is 2. The fraction of sp³-hybridized carbons (Fsp3) is 0.167. The molecule has 0 aromatic heterocycles. The van der Waals surface area contributed by atoms with E-state index >= 15 is 0 Å². The van der Waals surface area contributed by atoms with Gasteiger partial charge in [-0.25, -0.2) is 0 Å². The third kappa shape index (κ3) is 1.48. The van der Waals surface area contributed by atoms with Gasteiger partial charge in [0.05, 0.1) is 25.3 Å². The van der Waals surface area contributed by atoms with Gasteiger partial charge in [-0.1, -0.05) is 0 Å². The number of ether oxygens (including phenoxy) is 2. The number of benzene rings is 1. The number of hydrogen-bond acceptors (Lipinski definition) is 8. The molecular formula is C12H10O8. The highest BCUT2D eigenvalue weighted by atomic mass is 16.5. The molecule has 1 aromatic carbocycles. The first-order chi connectivity index (χ1) is 9.36. The molecule has 1 aromatic rings. The van der Waals surface area contributed by atoms with E-state index in [1.54, 1.807) is 0 Å². The monoisotopic (exact) mass is 282 g/mol. The first kappa shape index (κ1) is 13.5. The van der Waals surface area contributed by atoms with Gasteiger partial charge in [-0.2, -0.15) is 0 Å². The van der Waals surface area contributed by atoms with Crippen molar-refractivity contribution in [2.75, 3.05) is 14.2 Å². The van der Waals surface area contributed by atoms with Gasteiger partial charge in [0.1, 0.15) is 0 Å². The van der Waals surface area contributed by atoms with Crippen LogP contribution >= 0.6 is 0 Å². The highest BCUT2D eigenvalue weighted by molar-refractivity contribution is 6.52. The lowest BCUT2D eigenvalue weighted by atomic mass is 9.90. The summed E-state index contributed by atoms with van der Waals surface area (Å²) in [5.41, 5.74) is -1.26. The van der Waals surface area contributed by atoms with Crippen molar-refractivity contribution >= 4 is 17.3 Å². The number of methoxy groups -OCH3 is 2. The molecule has 0 atom stereocenters. The molecule has 0 unspecified atom stereocenters. The van der Waals surface area contributed by atoms with Crippen LogP contribution < -0.4 is 9.47 Å². The number of aliphatic hydroxyl groups excluding tert-OH is 2. The number of aromatic hydroxyl groups is 2. The lowest BCUT2D eigenvalue weighted by molar-refractivity contribution is -0.114. The van der Waals surface area contributed by atoms with Crippen molar-refractivity contribution in [3.05, 3.63) is 16.9 Å². The number of phenolic OH excluding ortho intramolecular Hbond substituents is 2. The summed E-state index contributed by atoms with van der Waals surface area (Å²) in [6.07, 6.45) is 0. The Balaban J connectivity index is 2.99. The van der Waals surface area contributed by atoms with Crippen molar-refractivity contribution in [2.24, 2.45) is 0 Å². The first-order valence-corrected chi connectivity index (χ1v) is 5.28. The Kier molecular flexibility index (Phi) is 2.93. The Morgan fingerprint density at radius 2 is 1.15 bits per heavy atom. The maximum absolute atomic E-state index is 11.8. The summed E-state index contributed by atoms with van der Waals surface area (Å²) in [5, 5.41) is 39.0. The van der Waals surface area contributed by atoms with Gasteiger partial charge in [0, 0.05) is 0 Å². The second kappa shape index (κ2) is 4.34. The van der Waals surface area contributed by atoms with Crippen LogP contribution in [0.5, 0.6) is 23.0 Å². The van der Waals surface area contributed by atoms with Crippen molar-refractivity contribution in [1.82, 2.24) is 0 Å². The average molecular weight is 282 g/mol. The lowest BCUT2D eigenvalue weighted by Crippen LogP contribution is -2.24. The molecule has 0 aliphatic heterocycles. The van der Waals surface area contributed by atoms with E-state index in [1.807, 2.05) is 0 Å². The zero-order valence-corrected chi connectivity index (χ0v) is 10.4. The molecule has 1 aliphatic carbocycles. The van der Waals surface area contributed by atoms with Crippen LogP contribution in [0.4, 0.5) is 0 Å². The second-order valence-corrected chi connectivity index (χ2v) is 3.87. The van der Waals surface area contributed by atoms with Crippen LogP contribution in [-0.2, 0) is 4.79 Å². The summed E-state index contributed by atoms with van der Waals surface area (Å²) in [4.78, 5) is 23.2. The summed E-state index contributed by atoms with van der Waals surface area (Å²) in [5.74, 6) is -7.20. The molecule has 1 aliphatic rings. The Morgan fingerprint density at radius 1 is 0.700 bits per heavy atom. The average Bonchev–Trinajstić information content (AvgIpc) is 2.43. The van der Waals surface area contributed by atoms with Crippen molar-refractivity contribution in [3.8, 4) is 23.0 Å². The molecule has 0 amide bonds. The number of phenols is 2. The summed E-state index contributed by atoms with van der Waals surface area (Å²) in [7, 11) is 2.30. The van der Waals surface area contributed by atoms with Gasteiger partial charge in [-0.05, 0) is 0 Å². The van der Waals surface area contributed by atoms with Gasteiger partial charge in [0.15, 0.2) is 17.3 Å². The van der Waals surface area contributed by atoms with Crippen LogP contribution in [0.25, 0.3) is 5.76 Å². The molecular weight excluding hydrogens is 272 g/mol. The largest absolute Gasteiger partial charge is 0.504 e. The van der Waals surface area contributed by atoms with Crippen LogP contribution in [-0.4, -0.2) is 46.2 Å². The summed E-state index contributed by atoms with van der Waals surface area (Å²) in [6, 6.07) is 0. The summed E-state index contributed by atoms with van der Waals surface area (Å²) in [6.45, 7) is 0. The van der Waals surface area contributed by atoms with E-state index < -0.39 is 45.7 Å². The van der Waals surface area contributed by atoms with E-state index in [0.29, 0.717) is 0 Å². The standard InChI is InChI=1S/C12H10O8/c1-19-11-7(15)3-4(8(16)12(11)20-2)6(14)10(18)9(17)5(3)13/h13,15-17H,1-2H3. The molecule has 4 N–H and O–H groups in total. The number of rotatable bonds is 2. The molecule has 0 saturated carbocycles. The zero-order valence-electron chi connectivity index (χ0n) is 10.4. The third-order valence-electron chi connectivity index (χ3n) is 2.88. The fourth-order valence-corrected chi connectivity index (χ4v) is 1.96. The molecule has 0 saturated heterocycles. The van der Waals surface area contributed by atoms with Crippen LogP contribution in [0.3, 0.4) is 0 Å². The van der Waals surface area contributed by atoms with Crippen molar-refractivity contribution in [3.63, 3.8) is 0 Å². The van der Waals surface area contributed by atoms with Gasteiger partial charge in [0.2, 0.25) is 23.0 Å². The number of Topliss-reactive ketones (excluding diaryl/α,β-unsaturated/α-hetero) is 2. The lowest BCUT2D eigenvalue weighted by Gasteiger charge is -2.20. The van der Waals surface area contributed by atoms with Crippen LogP contribution in [0.2, 0.25) is 0 Å². The molecule has 0 heterocycles. The fourth-order valence-electron chi connectivity index (χ4n) is 1.96. The third-order valence-corrected chi connectivity index (χ3v) is 2.88. The topological polar surface area (TPSA) is 134 Å². The molecule has 106 valence electrons. The number of carbonyl (C=O) groups excluding carboxylic acids is 2. The molecule has 0 fully saturated rings. The zero-order chi connectivity index (χ0) is 15.2. The van der Waals surface area contributed by atoms with Gasteiger partial charge in [-0.15, -0.1) is 0 Å². The normalized spacial score (nSPS) is 14.3. The quantitative estimate of drug-likeness (QED) is 0.459. The molecule has 0 spiro atoms. The van der Waals surface area contributed by atoms with E-state index in [0.717, 1.165) is 14.2 Å². The van der Waals surface area contributed by atoms with Gasteiger partial charge in [0.25, 0.3) is 5.78 Å². The highest BCUT2D eigenvalue weighted by Crippen LogP contribution is 2.51. The molecule has 8 heteroatoms. The van der Waals surface area contributed by atoms with Crippen molar-refractivity contribution < 1.29 is 39.5 Å². The van der Waals surface area contributed by atoms with E-state index in [9.17, 15) is 30.0 Å². The highest BCUT2D eigenvalue weighted by Gasteiger charge is 2.40. The van der Waals surface area contributed by atoms with Gasteiger partial charge in [-0.3, -0.25) is 9.59 Å². The van der Waals surface area contributed by atoms with Crippen LogP contribution in [0, 0.1) is 0 Å².